The highest BCUT2D eigenvalue weighted by atomic mass is 35.5. The molecule has 4 rings (SSSR count). The number of nitrogens with zero attached hydrogens (tertiary/aromatic N) is 3. The van der Waals surface area contributed by atoms with E-state index in [1.165, 1.54) is 15.9 Å². The Morgan fingerprint density at radius 3 is 2.57 bits per heavy atom. The molecule has 0 saturated heterocycles. The van der Waals surface area contributed by atoms with Crippen molar-refractivity contribution >= 4 is 46.1 Å². The number of hydrogen-bond donors (Lipinski definition) is 0. The van der Waals surface area contributed by atoms with Gasteiger partial charge in [0.25, 0.3) is 5.56 Å². The molecule has 0 N–H and O–H groups in total. The summed E-state index contributed by atoms with van der Waals surface area (Å²) in [5.41, 5.74) is 1.60. The lowest BCUT2D eigenvalue weighted by molar-refractivity contribution is 0.311. The van der Waals surface area contributed by atoms with Gasteiger partial charge in [0.05, 0.1) is 18.2 Å². The van der Waals surface area contributed by atoms with Crippen molar-refractivity contribution in [2.45, 2.75) is 6.92 Å². The minimum atomic E-state index is -0.207. The van der Waals surface area contributed by atoms with E-state index in [1.54, 1.807) is 19.3 Å². The molecule has 0 fully saturated rings. The van der Waals surface area contributed by atoms with Crippen LogP contribution in [-0.2, 0) is 0 Å². The number of thiazole rings is 1. The smallest absolute Gasteiger partial charge is 0.291 e. The fraction of sp³-hybridized carbons (Fsp3) is 0.136. The molecule has 0 spiro atoms. The van der Waals surface area contributed by atoms with Gasteiger partial charge in [-0.2, -0.15) is 9.50 Å². The van der Waals surface area contributed by atoms with Crippen LogP contribution in [0.1, 0.15) is 23.9 Å². The van der Waals surface area contributed by atoms with Gasteiger partial charge in [0.1, 0.15) is 0 Å². The maximum Gasteiger partial charge on any atom is 0.291 e. The van der Waals surface area contributed by atoms with E-state index in [9.17, 15) is 4.79 Å². The quantitative estimate of drug-likeness (QED) is 0.455. The van der Waals surface area contributed by atoms with E-state index in [2.05, 4.69) is 10.1 Å². The summed E-state index contributed by atoms with van der Waals surface area (Å²) in [7, 11) is 1.59. The standard InChI is InChI=1S/C22H18ClN3O3S/c1-3-29-17-10-6-15(12-18(17)28-2)13-19-21(27)26-22(30-19)24-20(25-26)11-7-14-4-8-16(23)9-5-14/h4-13H,3H2,1-2H3. The summed E-state index contributed by atoms with van der Waals surface area (Å²) in [5, 5.41) is 4.98. The molecular formula is C22H18ClN3O3S. The van der Waals surface area contributed by atoms with Gasteiger partial charge in [-0.1, -0.05) is 47.2 Å². The van der Waals surface area contributed by atoms with Crippen molar-refractivity contribution in [3.63, 3.8) is 0 Å². The van der Waals surface area contributed by atoms with E-state index in [1.807, 2.05) is 55.5 Å². The maximum atomic E-state index is 12.7. The van der Waals surface area contributed by atoms with Gasteiger partial charge in [0.2, 0.25) is 4.96 Å². The summed E-state index contributed by atoms with van der Waals surface area (Å²) in [4.78, 5) is 17.7. The molecule has 30 heavy (non-hydrogen) atoms. The van der Waals surface area contributed by atoms with Crippen LogP contribution in [0, 0.1) is 0 Å². The number of methoxy groups -OCH3 is 1. The Hall–Kier alpha value is -3.16. The third-order valence-corrected chi connectivity index (χ3v) is 5.49. The lowest BCUT2D eigenvalue weighted by atomic mass is 10.2. The molecule has 0 radical (unpaired) electrons. The summed E-state index contributed by atoms with van der Waals surface area (Å²) in [6, 6.07) is 13.0. The molecule has 2 aromatic carbocycles. The number of rotatable bonds is 6. The van der Waals surface area contributed by atoms with Crippen LogP contribution in [0.15, 0.2) is 47.3 Å². The molecule has 0 bridgehead atoms. The van der Waals surface area contributed by atoms with Gasteiger partial charge in [0, 0.05) is 5.02 Å². The van der Waals surface area contributed by atoms with Gasteiger partial charge in [-0.25, -0.2) is 0 Å². The van der Waals surface area contributed by atoms with Crippen molar-refractivity contribution < 1.29 is 9.47 Å². The van der Waals surface area contributed by atoms with Crippen LogP contribution >= 0.6 is 22.9 Å². The van der Waals surface area contributed by atoms with E-state index in [0.717, 1.165) is 11.1 Å². The van der Waals surface area contributed by atoms with Crippen LogP contribution in [0.4, 0.5) is 0 Å². The van der Waals surface area contributed by atoms with Gasteiger partial charge in [-0.15, -0.1) is 5.10 Å². The number of ether oxygens (including phenoxy) is 2. The predicted octanol–water partition coefficient (Wildman–Crippen LogP) is 3.93. The Labute approximate surface area is 181 Å². The minimum absolute atomic E-state index is 0.207. The molecule has 8 heteroatoms. The monoisotopic (exact) mass is 439 g/mol. The van der Waals surface area contributed by atoms with Crippen LogP contribution in [-0.4, -0.2) is 28.3 Å². The normalized spacial score (nSPS) is 12.2. The number of fused-ring (bicyclic) bond motifs is 1. The number of benzene rings is 2. The van der Waals surface area contributed by atoms with E-state index in [-0.39, 0.29) is 5.56 Å². The lowest BCUT2D eigenvalue weighted by Gasteiger charge is -2.09. The van der Waals surface area contributed by atoms with Gasteiger partial charge >= 0.3 is 0 Å². The second-order valence-electron chi connectivity index (χ2n) is 6.31. The zero-order chi connectivity index (χ0) is 21.1. The second-order valence-corrected chi connectivity index (χ2v) is 7.75. The van der Waals surface area contributed by atoms with Crippen molar-refractivity contribution in [3.05, 3.63) is 79.3 Å². The van der Waals surface area contributed by atoms with Gasteiger partial charge in [-0.3, -0.25) is 4.79 Å². The first-order valence-corrected chi connectivity index (χ1v) is 10.4. The second kappa shape index (κ2) is 8.69. The molecule has 0 aliphatic rings. The molecule has 0 atom stereocenters. The van der Waals surface area contributed by atoms with Crippen LogP contribution in [0.5, 0.6) is 11.5 Å². The van der Waals surface area contributed by atoms with Gasteiger partial charge in [0.15, 0.2) is 17.3 Å². The Morgan fingerprint density at radius 1 is 1.10 bits per heavy atom. The zero-order valence-electron chi connectivity index (χ0n) is 16.3. The fourth-order valence-corrected chi connectivity index (χ4v) is 3.91. The summed E-state index contributed by atoms with van der Waals surface area (Å²) >= 11 is 7.18. The van der Waals surface area contributed by atoms with Crippen LogP contribution < -0.4 is 19.6 Å². The summed E-state index contributed by atoms with van der Waals surface area (Å²) < 4.78 is 12.8. The largest absolute Gasteiger partial charge is 0.493 e. The summed E-state index contributed by atoms with van der Waals surface area (Å²) in [5.74, 6) is 1.76. The third kappa shape index (κ3) is 4.22. The summed E-state index contributed by atoms with van der Waals surface area (Å²) in [6.45, 7) is 2.46. The SMILES string of the molecule is CCOc1ccc(C=c2sc3nc(C=Cc4ccc(Cl)cc4)nn3c2=O)cc1OC. The lowest BCUT2D eigenvalue weighted by Crippen LogP contribution is -2.23. The Bertz CT molecular complexity index is 1330. The molecule has 2 heterocycles. The zero-order valence-corrected chi connectivity index (χ0v) is 17.9. The molecular weight excluding hydrogens is 422 g/mol. The third-order valence-electron chi connectivity index (χ3n) is 4.28. The molecule has 0 aliphatic carbocycles. The van der Waals surface area contributed by atoms with E-state index >= 15 is 0 Å². The van der Waals surface area contributed by atoms with Crippen molar-refractivity contribution in [1.29, 1.82) is 0 Å². The van der Waals surface area contributed by atoms with E-state index in [4.69, 9.17) is 21.1 Å². The number of hydrogen-bond acceptors (Lipinski definition) is 6. The van der Waals surface area contributed by atoms with Crippen molar-refractivity contribution in [2.24, 2.45) is 0 Å². The average Bonchev–Trinajstić information content (AvgIpc) is 3.27. The van der Waals surface area contributed by atoms with Crippen molar-refractivity contribution in [2.75, 3.05) is 13.7 Å². The van der Waals surface area contributed by atoms with Crippen LogP contribution in [0.3, 0.4) is 0 Å². The molecule has 2 aromatic heterocycles. The predicted molar refractivity (Wildman–Crippen MR) is 120 cm³/mol. The van der Waals surface area contributed by atoms with Crippen molar-refractivity contribution in [3.8, 4) is 11.5 Å². The molecule has 4 aromatic rings. The minimum Gasteiger partial charge on any atom is -0.493 e. The van der Waals surface area contributed by atoms with Gasteiger partial charge in [-0.05, 0) is 54.5 Å². The van der Waals surface area contributed by atoms with Crippen LogP contribution in [0.2, 0.25) is 5.02 Å². The number of aromatic nitrogens is 3. The molecule has 152 valence electrons. The molecule has 0 unspecified atom stereocenters. The maximum absolute atomic E-state index is 12.7. The Morgan fingerprint density at radius 2 is 1.87 bits per heavy atom. The van der Waals surface area contributed by atoms with E-state index in [0.29, 0.717) is 38.4 Å². The molecule has 0 amide bonds. The highest BCUT2D eigenvalue weighted by molar-refractivity contribution is 7.15. The van der Waals surface area contributed by atoms with Crippen molar-refractivity contribution in [1.82, 2.24) is 14.6 Å². The highest BCUT2D eigenvalue weighted by Gasteiger charge is 2.10. The molecule has 0 saturated carbocycles. The first-order chi connectivity index (χ1) is 14.6. The first-order valence-electron chi connectivity index (χ1n) is 9.23. The summed E-state index contributed by atoms with van der Waals surface area (Å²) in [6.07, 6.45) is 5.44. The van der Waals surface area contributed by atoms with Crippen LogP contribution in [0.25, 0.3) is 23.2 Å². The first kappa shape index (κ1) is 20.1. The Balaban J connectivity index is 1.64. The molecule has 6 nitrogen and oxygen atoms in total. The average molecular weight is 440 g/mol. The Kier molecular flexibility index (Phi) is 5.83. The topological polar surface area (TPSA) is 65.7 Å². The molecule has 0 aliphatic heterocycles. The highest BCUT2D eigenvalue weighted by Crippen LogP contribution is 2.28. The van der Waals surface area contributed by atoms with Gasteiger partial charge < -0.3 is 9.47 Å². The number of halogens is 1. The fourth-order valence-electron chi connectivity index (χ4n) is 2.86. The van der Waals surface area contributed by atoms with E-state index < -0.39 is 0 Å².